The molecule has 1 aliphatic carbocycles. The molecule has 0 atom stereocenters. The maximum absolute atomic E-state index is 13.7. The molecule has 3 rings (SSSR count). The molecule has 3 nitrogen and oxygen atoms in total. The van der Waals surface area contributed by atoms with Gasteiger partial charge in [-0.1, -0.05) is 25.8 Å². The number of fused-ring (bicyclic) bond motifs is 1. The highest BCUT2D eigenvalue weighted by Gasteiger charge is 2.33. The van der Waals surface area contributed by atoms with Crippen molar-refractivity contribution in [3.05, 3.63) is 24.0 Å². The topological polar surface area (TPSA) is 43.8 Å². The van der Waals surface area contributed by atoms with E-state index in [1.54, 1.807) is 6.07 Å². The van der Waals surface area contributed by atoms with Crippen molar-refractivity contribution in [2.24, 2.45) is 5.41 Å². The molecule has 4 heteroatoms. The largest absolute Gasteiger partial charge is 0.369 e. The van der Waals surface area contributed by atoms with Crippen molar-refractivity contribution in [2.75, 3.05) is 5.73 Å². The van der Waals surface area contributed by atoms with E-state index in [4.69, 9.17) is 5.73 Å². The summed E-state index contributed by atoms with van der Waals surface area (Å²) in [6.07, 6.45) is 6.18. The molecule has 0 spiro atoms. The summed E-state index contributed by atoms with van der Waals surface area (Å²) in [7, 11) is 0. The number of rotatable bonds is 3. The van der Waals surface area contributed by atoms with Crippen LogP contribution in [-0.2, 0) is 6.54 Å². The Hall–Kier alpha value is -1.58. The maximum atomic E-state index is 13.7. The van der Waals surface area contributed by atoms with Crippen LogP contribution < -0.4 is 5.73 Å². The fraction of sp³-hybridized carbons (Fsp3) is 0.533. The Morgan fingerprint density at radius 2 is 2.11 bits per heavy atom. The third kappa shape index (κ3) is 1.99. The van der Waals surface area contributed by atoms with Gasteiger partial charge in [0.15, 0.2) is 5.82 Å². The normalized spacial score (nSPS) is 18.2. The Morgan fingerprint density at radius 3 is 2.79 bits per heavy atom. The van der Waals surface area contributed by atoms with Gasteiger partial charge in [0.25, 0.3) is 0 Å². The van der Waals surface area contributed by atoms with Gasteiger partial charge in [-0.25, -0.2) is 9.37 Å². The third-order valence-electron chi connectivity index (χ3n) is 4.67. The Labute approximate surface area is 112 Å². The summed E-state index contributed by atoms with van der Waals surface area (Å²) in [5.74, 6) is 0.139. The van der Waals surface area contributed by atoms with Crippen LogP contribution in [0, 0.1) is 11.2 Å². The summed E-state index contributed by atoms with van der Waals surface area (Å²) < 4.78 is 15.7. The predicted molar refractivity (Wildman–Crippen MR) is 75.3 cm³/mol. The van der Waals surface area contributed by atoms with E-state index in [9.17, 15) is 4.39 Å². The van der Waals surface area contributed by atoms with Gasteiger partial charge in [-0.3, -0.25) is 0 Å². The second-order valence-electron chi connectivity index (χ2n) is 5.72. The van der Waals surface area contributed by atoms with Crippen LogP contribution in [0.5, 0.6) is 0 Å². The highest BCUT2D eigenvalue weighted by Crippen LogP contribution is 2.43. The van der Waals surface area contributed by atoms with Crippen LogP contribution in [0.25, 0.3) is 11.0 Å². The van der Waals surface area contributed by atoms with Gasteiger partial charge < -0.3 is 10.3 Å². The van der Waals surface area contributed by atoms with E-state index >= 15 is 0 Å². The van der Waals surface area contributed by atoms with Crippen LogP contribution in [0.4, 0.5) is 10.3 Å². The van der Waals surface area contributed by atoms with E-state index in [2.05, 4.69) is 11.9 Å². The van der Waals surface area contributed by atoms with E-state index in [1.807, 2.05) is 10.6 Å². The van der Waals surface area contributed by atoms with Gasteiger partial charge in [-0.05, 0) is 36.8 Å². The summed E-state index contributed by atoms with van der Waals surface area (Å²) in [4.78, 5) is 4.19. The zero-order valence-corrected chi connectivity index (χ0v) is 11.3. The number of anilines is 1. The lowest BCUT2D eigenvalue weighted by Crippen LogP contribution is -2.23. The minimum Gasteiger partial charge on any atom is -0.369 e. The van der Waals surface area contributed by atoms with E-state index in [0.29, 0.717) is 16.9 Å². The zero-order chi connectivity index (χ0) is 13.5. The lowest BCUT2D eigenvalue weighted by atomic mass is 9.83. The van der Waals surface area contributed by atoms with Gasteiger partial charge in [0.05, 0.1) is 5.52 Å². The summed E-state index contributed by atoms with van der Waals surface area (Å²) in [6, 6.07) is 5.06. The first kappa shape index (κ1) is 12.5. The van der Waals surface area contributed by atoms with Crippen LogP contribution in [0.15, 0.2) is 18.2 Å². The number of hydrogen-bond donors (Lipinski definition) is 1. The van der Waals surface area contributed by atoms with Gasteiger partial charge in [0.1, 0.15) is 5.52 Å². The SMILES string of the molecule is CCC1(Cn2c(N)nc3c(F)cccc32)CCCC1. The molecule has 0 amide bonds. The summed E-state index contributed by atoms with van der Waals surface area (Å²) in [6.45, 7) is 3.09. The standard InChI is InChI=1S/C15H20FN3/c1-2-15(8-3-4-9-15)10-19-12-7-5-6-11(16)13(12)18-14(19)17/h5-7H,2-4,8-10H2,1H3,(H2,17,18). The third-order valence-corrected chi connectivity index (χ3v) is 4.67. The molecule has 1 aromatic carbocycles. The molecule has 0 aliphatic heterocycles. The van der Waals surface area contributed by atoms with E-state index in [1.165, 1.54) is 31.7 Å². The second-order valence-corrected chi connectivity index (χ2v) is 5.72. The second kappa shape index (κ2) is 4.51. The fourth-order valence-electron chi connectivity index (χ4n) is 3.38. The van der Waals surface area contributed by atoms with Gasteiger partial charge >= 0.3 is 0 Å². The van der Waals surface area contributed by atoms with Gasteiger partial charge in [0.2, 0.25) is 5.95 Å². The molecule has 2 aromatic rings. The average Bonchev–Trinajstić information content (AvgIpc) is 2.99. The number of nitrogens with zero attached hydrogens (tertiary/aromatic N) is 2. The molecular formula is C15H20FN3. The monoisotopic (exact) mass is 261 g/mol. The van der Waals surface area contributed by atoms with Gasteiger partial charge in [-0.15, -0.1) is 0 Å². The molecular weight excluding hydrogens is 241 g/mol. The van der Waals surface area contributed by atoms with Crippen molar-refractivity contribution in [2.45, 2.75) is 45.6 Å². The molecule has 1 aliphatic rings. The molecule has 2 N–H and O–H groups in total. The summed E-state index contributed by atoms with van der Waals surface area (Å²) in [5.41, 5.74) is 7.52. The molecule has 0 unspecified atom stereocenters. The van der Waals surface area contributed by atoms with Crippen LogP contribution in [-0.4, -0.2) is 9.55 Å². The Morgan fingerprint density at radius 1 is 1.37 bits per heavy atom. The molecule has 19 heavy (non-hydrogen) atoms. The molecule has 1 aromatic heterocycles. The summed E-state index contributed by atoms with van der Waals surface area (Å²) >= 11 is 0. The van der Waals surface area contributed by atoms with Crippen LogP contribution in [0.2, 0.25) is 0 Å². The minimum atomic E-state index is -0.292. The molecule has 102 valence electrons. The molecule has 0 radical (unpaired) electrons. The quantitative estimate of drug-likeness (QED) is 0.915. The fourth-order valence-corrected chi connectivity index (χ4v) is 3.38. The predicted octanol–water partition coefficient (Wildman–Crippen LogP) is 3.73. The number of para-hydroxylation sites is 1. The zero-order valence-electron chi connectivity index (χ0n) is 11.3. The van der Waals surface area contributed by atoms with Crippen molar-refractivity contribution in [3.63, 3.8) is 0 Å². The molecule has 0 bridgehead atoms. The molecule has 1 saturated carbocycles. The Bertz CT molecular complexity index is 597. The van der Waals surface area contributed by atoms with Crippen molar-refractivity contribution in [3.8, 4) is 0 Å². The first-order chi connectivity index (χ1) is 9.15. The number of halogens is 1. The Balaban J connectivity index is 2.05. The number of nitrogens with two attached hydrogens (primary N) is 1. The van der Waals surface area contributed by atoms with Crippen LogP contribution in [0.3, 0.4) is 0 Å². The first-order valence-corrected chi connectivity index (χ1v) is 7.05. The lowest BCUT2D eigenvalue weighted by molar-refractivity contribution is 0.242. The number of benzene rings is 1. The van der Waals surface area contributed by atoms with Crippen molar-refractivity contribution >= 4 is 17.0 Å². The highest BCUT2D eigenvalue weighted by molar-refractivity contribution is 5.78. The smallest absolute Gasteiger partial charge is 0.201 e. The van der Waals surface area contributed by atoms with Crippen LogP contribution >= 0.6 is 0 Å². The number of hydrogen-bond acceptors (Lipinski definition) is 2. The van der Waals surface area contributed by atoms with E-state index < -0.39 is 0 Å². The van der Waals surface area contributed by atoms with Crippen molar-refractivity contribution < 1.29 is 4.39 Å². The lowest BCUT2D eigenvalue weighted by Gasteiger charge is -2.28. The highest BCUT2D eigenvalue weighted by atomic mass is 19.1. The van der Waals surface area contributed by atoms with Gasteiger partial charge in [0, 0.05) is 6.54 Å². The van der Waals surface area contributed by atoms with Crippen molar-refractivity contribution in [1.29, 1.82) is 0 Å². The number of imidazole rings is 1. The maximum Gasteiger partial charge on any atom is 0.201 e. The minimum absolute atomic E-state index is 0.292. The van der Waals surface area contributed by atoms with Gasteiger partial charge in [-0.2, -0.15) is 0 Å². The van der Waals surface area contributed by atoms with E-state index in [-0.39, 0.29) is 5.82 Å². The molecule has 1 fully saturated rings. The van der Waals surface area contributed by atoms with Crippen molar-refractivity contribution in [1.82, 2.24) is 9.55 Å². The van der Waals surface area contributed by atoms with Crippen LogP contribution in [0.1, 0.15) is 39.0 Å². The molecule has 1 heterocycles. The first-order valence-electron chi connectivity index (χ1n) is 7.05. The average molecular weight is 261 g/mol. The molecule has 0 saturated heterocycles. The number of nitrogen functional groups attached to an aromatic ring is 1. The summed E-state index contributed by atoms with van der Waals surface area (Å²) in [5, 5.41) is 0. The number of aromatic nitrogens is 2. The Kier molecular flexibility index (Phi) is 2.96. The van der Waals surface area contributed by atoms with E-state index in [0.717, 1.165) is 18.5 Å².